The molecular formula is C11H9ClN4O2S. The number of hydrogen-bond acceptors (Lipinski definition) is 5. The summed E-state index contributed by atoms with van der Waals surface area (Å²) in [6.45, 7) is 0. The lowest BCUT2D eigenvalue weighted by Gasteiger charge is -2.05. The fourth-order valence-corrected chi connectivity index (χ4v) is 1.83. The van der Waals surface area contributed by atoms with Crippen molar-refractivity contribution in [2.24, 2.45) is 0 Å². The van der Waals surface area contributed by atoms with Crippen molar-refractivity contribution in [3.05, 3.63) is 46.7 Å². The van der Waals surface area contributed by atoms with Crippen LogP contribution in [0.2, 0.25) is 5.02 Å². The van der Waals surface area contributed by atoms with Gasteiger partial charge in [-0.2, -0.15) is 8.75 Å². The third kappa shape index (κ3) is 4.01. The average molecular weight is 297 g/mol. The van der Waals surface area contributed by atoms with E-state index in [1.165, 1.54) is 6.20 Å². The second-order valence-corrected chi connectivity index (χ2v) is 4.59. The molecule has 0 spiro atoms. The highest BCUT2D eigenvalue weighted by atomic mass is 35.5. The number of hydrazine groups is 1. The quantitative estimate of drug-likeness (QED) is 0.834. The van der Waals surface area contributed by atoms with Crippen molar-refractivity contribution >= 4 is 35.1 Å². The van der Waals surface area contributed by atoms with Crippen LogP contribution in [0.15, 0.2) is 30.5 Å². The Kier molecular flexibility index (Phi) is 4.43. The summed E-state index contributed by atoms with van der Waals surface area (Å²) in [5, 5.41) is 0.605. The first kappa shape index (κ1) is 13.4. The van der Waals surface area contributed by atoms with Crippen LogP contribution in [-0.2, 0) is 11.2 Å². The van der Waals surface area contributed by atoms with Gasteiger partial charge in [-0.25, -0.2) is 0 Å². The molecule has 2 aromatic rings. The van der Waals surface area contributed by atoms with Crippen molar-refractivity contribution in [3.8, 4) is 0 Å². The Labute approximate surface area is 118 Å². The SMILES string of the molecule is O=C(Cc1ccc(Cl)cc1)NNC(=O)c1cnsn1. The van der Waals surface area contributed by atoms with Gasteiger partial charge in [0, 0.05) is 5.02 Å². The number of nitrogens with zero attached hydrogens (tertiary/aromatic N) is 2. The molecule has 0 aliphatic heterocycles. The molecule has 2 rings (SSSR count). The normalized spacial score (nSPS) is 9.95. The first-order valence-corrected chi connectivity index (χ1v) is 6.37. The molecule has 8 heteroatoms. The lowest BCUT2D eigenvalue weighted by Crippen LogP contribution is -2.42. The molecule has 6 nitrogen and oxygen atoms in total. The molecule has 1 aromatic heterocycles. The van der Waals surface area contributed by atoms with Crippen molar-refractivity contribution in [2.75, 3.05) is 0 Å². The number of halogens is 1. The first-order chi connectivity index (χ1) is 9.15. The molecule has 98 valence electrons. The third-order valence-electron chi connectivity index (χ3n) is 2.19. The smallest absolute Gasteiger partial charge is 0.273 e. The Morgan fingerprint density at radius 2 is 1.95 bits per heavy atom. The lowest BCUT2D eigenvalue weighted by molar-refractivity contribution is -0.121. The topological polar surface area (TPSA) is 84.0 Å². The van der Waals surface area contributed by atoms with E-state index in [1.54, 1.807) is 24.3 Å². The monoisotopic (exact) mass is 296 g/mol. The molecule has 0 aliphatic rings. The van der Waals surface area contributed by atoms with Crippen LogP contribution in [0.4, 0.5) is 0 Å². The number of nitrogens with one attached hydrogen (secondary N) is 2. The highest BCUT2D eigenvalue weighted by molar-refractivity contribution is 6.99. The van der Waals surface area contributed by atoms with Gasteiger partial charge in [0.2, 0.25) is 5.91 Å². The summed E-state index contributed by atoms with van der Waals surface area (Å²) in [5.41, 5.74) is 5.52. The second-order valence-electron chi connectivity index (χ2n) is 3.60. The zero-order valence-electron chi connectivity index (χ0n) is 9.59. The fourth-order valence-electron chi connectivity index (χ4n) is 1.29. The summed E-state index contributed by atoms with van der Waals surface area (Å²) in [6, 6.07) is 6.88. The van der Waals surface area contributed by atoms with E-state index in [4.69, 9.17) is 11.6 Å². The maximum Gasteiger partial charge on any atom is 0.291 e. The maximum absolute atomic E-state index is 11.6. The molecule has 0 aliphatic carbocycles. The van der Waals surface area contributed by atoms with Crippen LogP contribution in [0.5, 0.6) is 0 Å². The van der Waals surface area contributed by atoms with Gasteiger partial charge < -0.3 is 0 Å². The number of carbonyl (C=O) groups is 2. The molecule has 0 saturated carbocycles. The van der Waals surface area contributed by atoms with Gasteiger partial charge >= 0.3 is 0 Å². The van der Waals surface area contributed by atoms with Crippen LogP contribution in [-0.4, -0.2) is 20.6 Å². The second kappa shape index (κ2) is 6.26. The first-order valence-electron chi connectivity index (χ1n) is 5.26. The highest BCUT2D eigenvalue weighted by Gasteiger charge is 2.10. The number of rotatable bonds is 3. The molecule has 1 heterocycles. The Bertz CT molecular complexity index is 571. The summed E-state index contributed by atoms with van der Waals surface area (Å²) in [7, 11) is 0. The zero-order chi connectivity index (χ0) is 13.7. The lowest BCUT2D eigenvalue weighted by atomic mass is 10.1. The number of aromatic nitrogens is 2. The van der Waals surface area contributed by atoms with E-state index in [0.29, 0.717) is 5.02 Å². The Balaban J connectivity index is 1.82. The van der Waals surface area contributed by atoms with E-state index >= 15 is 0 Å². The number of hydrogen-bond donors (Lipinski definition) is 2. The largest absolute Gasteiger partial charge is 0.291 e. The molecule has 0 atom stereocenters. The Morgan fingerprint density at radius 3 is 2.58 bits per heavy atom. The summed E-state index contributed by atoms with van der Waals surface area (Å²) in [6.07, 6.45) is 1.47. The van der Waals surface area contributed by atoms with Gasteiger partial charge in [-0.3, -0.25) is 20.4 Å². The molecule has 0 unspecified atom stereocenters. The predicted octanol–water partition coefficient (Wildman–Crippen LogP) is 1.20. The molecule has 2 N–H and O–H groups in total. The number of carbonyl (C=O) groups excluding carboxylic acids is 2. The van der Waals surface area contributed by atoms with Crippen molar-refractivity contribution in [3.63, 3.8) is 0 Å². The van der Waals surface area contributed by atoms with Crippen molar-refractivity contribution in [1.82, 2.24) is 19.6 Å². The van der Waals surface area contributed by atoms with Gasteiger partial charge in [0.05, 0.1) is 24.3 Å². The average Bonchev–Trinajstić information content (AvgIpc) is 2.93. The number of benzene rings is 1. The minimum Gasteiger partial charge on any atom is -0.273 e. The minimum atomic E-state index is -0.502. The minimum absolute atomic E-state index is 0.146. The van der Waals surface area contributed by atoms with Crippen LogP contribution in [0.1, 0.15) is 16.1 Å². The third-order valence-corrected chi connectivity index (χ3v) is 2.92. The van der Waals surface area contributed by atoms with Crippen molar-refractivity contribution in [2.45, 2.75) is 6.42 Å². The fraction of sp³-hybridized carbons (Fsp3) is 0.0909. The molecular weight excluding hydrogens is 288 g/mol. The summed E-state index contributed by atoms with van der Waals surface area (Å²) >= 11 is 6.66. The van der Waals surface area contributed by atoms with E-state index in [0.717, 1.165) is 17.3 Å². The van der Waals surface area contributed by atoms with E-state index in [2.05, 4.69) is 19.6 Å². The van der Waals surface area contributed by atoms with Gasteiger partial charge in [0.25, 0.3) is 5.91 Å². The van der Waals surface area contributed by atoms with Crippen LogP contribution in [0, 0.1) is 0 Å². The molecule has 0 radical (unpaired) electrons. The van der Waals surface area contributed by atoms with Gasteiger partial charge in [-0.05, 0) is 17.7 Å². The summed E-state index contributed by atoms with van der Waals surface area (Å²) in [5.74, 6) is -0.836. The molecule has 0 fully saturated rings. The van der Waals surface area contributed by atoms with Gasteiger partial charge in [0.15, 0.2) is 5.69 Å². The Hall–Kier alpha value is -1.99. The van der Waals surface area contributed by atoms with Crippen LogP contribution < -0.4 is 10.9 Å². The van der Waals surface area contributed by atoms with Crippen molar-refractivity contribution in [1.29, 1.82) is 0 Å². The standard InChI is InChI=1S/C11H9ClN4O2S/c12-8-3-1-7(2-4-8)5-10(17)14-15-11(18)9-6-13-19-16-9/h1-4,6H,5H2,(H,14,17)(H,15,18). The molecule has 0 saturated heterocycles. The van der Waals surface area contributed by atoms with Crippen molar-refractivity contribution < 1.29 is 9.59 Å². The molecule has 19 heavy (non-hydrogen) atoms. The number of amides is 2. The van der Waals surface area contributed by atoms with Crippen LogP contribution >= 0.6 is 23.3 Å². The molecule has 2 amide bonds. The van der Waals surface area contributed by atoms with E-state index in [1.807, 2.05) is 0 Å². The zero-order valence-corrected chi connectivity index (χ0v) is 11.2. The van der Waals surface area contributed by atoms with Gasteiger partial charge in [-0.1, -0.05) is 23.7 Å². The van der Waals surface area contributed by atoms with E-state index in [9.17, 15) is 9.59 Å². The van der Waals surface area contributed by atoms with Crippen LogP contribution in [0.25, 0.3) is 0 Å². The summed E-state index contributed by atoms with van der Waals surface area (Å²) < 4.78 is 7.43. The maximum atomic E-state index is 11.6. The predicted molar refractivity (Wildman–Crippen MR) is 70.7 cm³/mol. The van der Waals surface area contributed by atoms with Gasteiger partial charge in [-0.15, -0.1) is 0 Å². The summed E-state index contributed by atoms with van der Waals surface area (Å²) in [4.78, 5) is 23.0. The highest BCUT2D eigenvalue weighted by Crippen LogP contribution is 2.09. The van der Waals surface area contributed by atoms with Gasteiger partial charge in [0.1, 0.15) is 0 Å². The molecule has 0 bridgehead atoms. The molecule has 1 aromatic carbocycles. The van der Waals surface area contributed by atoms with Crippen LogP contribution in [0.3, 0.4) is 0 Å². The van der Waals surface area contributed by atoms with E-state index in [-0.39, 0.29) is 18.0 Å². The Morgan fingerprint density at radius 1 is 1.21 bits per heavy atom. The van der Waals surface area contributed by atoms with E-state index < -0.39 is 5.91 Å².